The third kappa shape index (κ3) is 6.12. The van der Waals surface area contributed by atoms with E-state index in [4.69, 9.17) is 0 Å². The Labute approximate surface area is 171 Å². The fraction of sp³-hybridized carbons (Fsp3) is 0.300. The molecule has 2 amide bonds. The molecule has 148 valence electrons. The summed E-state index contributed by atoms with van der Waals surface area (Å²) in [5.74, 6) is -0.781. The predicted octanol–water partition coefficient (Wildman–Crippen LogP) is 2.78. The molecule has 0 radical (unpaired) electrons. The molecule has 0 spiro atoms. The summed E-state index contributed by atoms with van der Waals surface area (Å²) in [5, 5.41) is 5.47. The second-order valence-electron chi connectivity index (χ2n) is 6.64. The Morgan fingerprint density at radius 3 is 2.04 bits per heavy atom. The predicted molar refractivity (Wildman–Crippen MR) is 111 cm³/mol. The van der Waals surface area contributed by atoms with Gasteiger partial charge in [0.1, 0.15) is 5.82 Å². The van der Waals surface area contributed by atoms with E-state index in [0.29, 0.717) is 37.2 Å². The third-order valence-corrected chi connectivity index (χ3v) is 4.96. The Balaban J connectivity index is 1.40. The van der Waals surface area contributed by atoms with Crippen molar-refractivity contribution in [3.05, 3.63) is 58.8 Å². The van der Waals surface area contributed by atoms with Gasteiger partial charge in [0.05, 0.1) is 18.8 Å². The smallest absolute Gasteiger partial charge is 0.238 e. The number of anilines is 2. The molecule has 2 aromatic rings. The van der Waals surface area contributed by atoms with Gasteiger partial charge < -0.3 is 10.6 Å². The quantitative estimate of drug-likeness (QED) is 0.712. The summed E-state index contributed by atoms with van der Waals surface area (Å²) in [6.07, 6.45) is 0. The van der Waals surface area contributed by atoms with Crippen LogP contribution in [0, 0.1) is 5.82 Å². The molecule has 0 atom stereocenters. The van der Waals surface area contributed by atoms with Crippen molar-refractivity contribution >= 4 is 39.1 Å². The lowest BCUT2D eigenvalue weighted by atomic mass is 10.2. The first-order valence-electron chi connectivity index (χ1n) is 9.04. The number of nitrogens with zero attached hydrogens (tertiary/aromatic N) is 2. The lowest BCUT2D eigenvalue weighted by Crippen LogP contribution is -2.50. The second-order valence-corrected chi connectivity index (χ2v) is 7.55. The molecule has 0 bridgehead atoms. The zero-order chi connectivity index (χ0) is 19.9. The molecule has 8 heteroatoms. The molecular weight excluding hydrogens is 427 g/mol. The van der Waals surface area contributed by atoms with Crippen LogP contribution in [0.2, 0.25) is 0 Å². The number of para-hydroxylation sites is 1. The molecule has 0 aliphatic carbocycles. The van der Waals surface area contributed by atoms with Crippen LogP contribution in [0.5, 0.6) is 0 Å². The molecule has 1 heterocycles. The van der Waals surface area contributed by atoms with E-state index in [1.807, 2.05) is 35.2 Å². The Kier molecular flexibility index (Phi) is 7.13. The number of nitrogens with one attached hydrogen (secondary N) is 2. The van der Waals surface area contributed by atoms with Crippen LogP contribution in [0.3, 0.4) is 0 Å². The molecule has 1 saturated heterocycles. The summed E-state index contributed by atoms with van der Waals surface area (Å²) in [5.41, 5.74) is 0.951. The first-order valence-corrected chi connectivity index (χ1v) is 9.83. The molecule has 28 heavy (non-hydrogen) atoms. The number of hydrogen-bond donors (Lipinski definition) is 2. The highest BCUT2D eigenvalue weighted by molar-refractivity contribution is 9.10. The monoisotopic (exact) mass is 448 g/mol. The Bertz CT molecular complexity index is 826. The highest BCUT2D eigenvalue weighted by atomic mass is 79.9. The molecular formula is C20H22BrFN4O2. The Morgan fingerprint density at radius 2 is 1.46 bits per heavy atom. The van der Waals surface area contributed by atoms with Crippen LogP contribution in [0.25, 0.3) is 0 Å². The standard InChI is InChI=1S/C20H22BrFN4O2/c21-15-6-7-18(17(22)12-15)24-20(28)14-26-10-8-25(9-11-26)13-19(27)23-16-4-2-1-3-5-16/h1-7,12H,8-11,13-14H2,(H,23,27)(H,24,28). The van der Waals surface area contributed by atoms with Gasteiger partial charge in [-0.05, 0) is 30.3 Å². The van der Waals surface area contributed by atoms with Crippen molar-refractivity contribution in [1.29, 1.82) is 0 Å². The minimum atomic E-state index is -0.475. The average molecular weight is 449 g/mol. The summed E-state index contributed by atoms with van der Waals surface area (Å²) in [6, 6.07) is 13.9. The summed E-state index contributed by atoms with van der Waals surface area (Å²) in [6.45, 7) is 3.26. The van der Waals surface area contributed by atoms with E-state index in [1.54, 1.807) is 6.07 Å². The maximum Gasteiger partial charge on any atom is 0.238 e. The van der Waals surface area contributed by atoms with Crippen LogP contribution < -0.4 is 10.6 Å². The molecule has 1 fully saturated rings. The maximum absolute atomic E-state index is 13.8. The highest BCUT2D eigenvalue weighted by Crippen LogP contribution is 2.19. The van der Waals surface area contributed by atoms with Crippen LogP contribution >= 0.6 is 15.9 Å². The van der Waals surface area contributed by atoms with Crippen LogP contribution in [0.15, 0.2) is 53.0 Å². The number of benzene rings is 2. The topological polar surface area (TPSA) is 64.7 Å². The fourth-order valence-corrected chi connectivity index (χ4v) is 3.35. The maximum atomic E-state index is 13.8. The molecule has 1 aliphatic heterocycles. The van der Waals surface area contributed by atoms with Crippen molar-refractivity contribution in [2.75, 3.05) is 49.9 Å². The average Bonchev–Trinajstić information content (AvgIpc) is 2.66. The zero-order valence-corrected chi connectivity index (χ0v) is 16.9. The normalized spacial score (nSPS) is 15.2. The molecule has 0 saturated carbocycles. The first-order chi connectivity index (χ1) is 13.5. The number of halogens is 2. The molecule has 1 aliphatic rings. The second kappa shape index (κ2) is 9.77. The zero-order valence-electron chi connectivity index (χ0n) is 15.3. The van der Waals surface area contributed by atoms with Gasteiger partial charge in [-0.25, -0.2) is 4.39 Å². The van der Waals surface area contributed by atoms with Crippen LogP contribution in [0.4, 0.5) is 15.8 Å². The number of carbonyl (C=O) groups excluding carboxylic acids is 2. The highest BCUT2D eigenvalue weighted by Gasteiger charge is 2.21. The third-order valence-electron chi connectivity index (χ3n) is 4.46. The SMILES string of the molecule is O=C(CN1CCN(CC(=O)Nc2ccc(Br)cc2F)CC1)Nc1ccccc1. The van der Waals surface area contributed by atoms with Gasteiger partial charge in [0.25, 0.3) is 0 Å². The van der Waals surface area contributed by atoms with Crippen LogP contribution in [-0.2, 0) is 9.59 Å². The van der Waals surface area contributed by atoms with Crippen LogP contribution in [-0.4, -0.2) is 60.9 Å². The van der Waals surface area contributed by atoms with Gasteiger partial charge in [0.15, 0.2) is 0 Å². The Morgan fingerprint density at radius 1 is 0.893 bits per heavy atom. The fourth-order valence-electron chi connectivity index (χ4n) is 3.01. The lowest BCUT2D eigenvalue weighted by Gasteiger charge is -2.33. The van der Waals surface area contributed by atoms with Gasteiger partial charge in [-0.2, -0.15) is 0 Å². The molecule has 3 rings (SSSR count). The largest absolute Gasteiger partial charge is 0.325 e. The van der Waals surface area contributed by atoms with Gasteiger partial charge in [0.2, 0.25) is 11.8 Å². The number of hydrogen-bond acceptors (Lipinski definition) is 4. The van der Waals surface area contributed by atoms with Crippen molar-refractivity contribution in [1.82, 2.24) is 9.80 Å². The van der Waals surface area contributed by atoms with Crippen molar-refractivity contribution < 1.29 is 14.0 Å². The molecule has 6 nitrogen and oxygen atoms in total. The van der Waals surface area contributed by atoms with Crippen molar-refractivity contribution in [2.24, 2.45) is 0 Å². The molecule has 0 aromatic heterocycles. The summed E-state index contributed by atoms with van der Waals surface area (Å²) in [4.78, 5) is 28.4. The number of rotatable bonds is 6. The summed E-state index contributed by atoms with van der Waals surface area (Å²) < 4.78 is 14.4. The van der Waals surface area contributed by atoms with E-state index in [2.05, 4.69) is 31.5 Å². The van der Waals surface area contributed by atoms with Gasteiger partial charge >= 0.3 is 0 Å². The molecule has 2 aromatic carbocycles. The van der Waals surface area contributed by atoms with Gasteiger partial charge in [0, 0.05) is 36.3 Å². The lowest BCUT2D eigenvalue weighted by molar-refractivity contribution is -0.120. The summed E-state index contributed by atoms with van der Waals surface area (Å²) in [7, 11) is 0. The number of carbonyl (C=O) groups is 2. The van der Waals surface area contributed by atoms with Crippen molar-refractivity contribution in [3.8, 4) is 0 Å². The van der Waals surface area contributed by atoms with Gasteiger partial charge in [-0.15, -0.1) is 0 Å². The van der Waals surface area contributed by atoms with Crippen LogP contribution in [0.1, 0.15) is 0 Å². The minimum absolute atomic E-state index is 0.0527. The van der Waals surface area contributed by atoms with E-state index >= 15 is 0 Å². The summed E-state index contributed by atoms with van der Waals surface area (Å²) >= 11 is 3.19. The van der Waals surface area contributed by atoms with E-state index in [9.17, 15) is 14.0 Å². The Hall–Kier alpha value is -2.29. The van der Waals surface area contributed by atoms with Gasteiger partial charge in [-0.1, -0.05) is 34.1 Å². The molecule has 2 N–H and O–H groups in total. The molecule has 0 unspecified atom stereocenters. The van der Waals surface area contributed by atoms with Crippen molar-refractivity contribution in [2.45, 2.75) is 0 Å². The van der Waals surface area contributed by atoms with Crippen molar-refractivity contribution in [3.63, 3.8) is 0 Å². The van der Waals surface area contributed by atoms with E-state index in [1.165, 1.54) is 12.1 Å². The van der Waals surface area contributed by atoms with E-state index in [-0.39, 0.29) is 24.0 Å². The number of piperazine rings is 1. The first kappa shape index (κ1) is 20.4. The number of amides is 2. The minimum Gasteiger partial charge on any atom is -0.325 e. The van der Waals surface area contributed by atoms with E-state index < -0.39 is 5.82 Å². The van der Waals surface area contributed by atoms with E-state index in [0.717, 1.165) is 5.69 Å². The van der Waals surface area contributed by atoms with Gasteiger partial charge in [-0.3, -0.25) is 19.4 Å².